The molecule has 94 valence electrons. The van der Waals surface area contributed by atoms with Crippen molar-refractivity contribution in [2.75, 3.05) is 7.11 Å². The largest absolute Gasteiger partial charge is 0.480 e. The van der Waals surface area contributed by atoms with Gasteiger partial charge in [-0.1, -0.05) is 17.7 Å². The molecular weight excluding hydrogens is 254 g/mol. The Labute approximate surface area is 109 Å². The lowest BCUT2D eigenvalue weighted by Gasteiger charge is -2.16. The Balaban J connectivity index is 2.41. The molecule has 2 aromatic rings. The Hall–Kier alpha value is -1.76. The monoisotopic (exact) mass is 265 g/mol. The van der Waals surface area contributed by atoms with Crippen molar-refractivity contribution in [2.45, 2.75) is 6.04 Å². The van der Waals surface area contributed by atoms with E-state index in [1.54, 1.807) is 24.7 Å². The molecule has 2 rings (SSSR count). The van der Waals surface area contributed by atoms with Crippen molar-refractivity contribution in [3.8, 4) is 5.88 Å². The van der Waals surface area contributed by atoms with E-state index >= 15 is 0 Å². The van der Waals surface area contributed by atoms with Crippen LogP contribution in [0.3, 0.4) is 0 Å². The van der Waals surface area contributed by atoms with E-state index in [-0.39, 0.29) is 6.04 Å². The van der Waals surface area contributed by atoms with Crippen LogP contribution in [0.2, 0.25) is 5.15 Å². The molecule has 0 aliphatic rings. The molecule has 7 heteroatoms. The molecule has 0 amide bonds. The number of hydrazine groups is 1. The molecule has 1 atom stereocenters. The number of methoxy groups -OCH3 is 1. The molecule has 2 aromatic heterocycles. The second-order valence-corrected chi connectivity index (χ2v) is 3.85. The van der Waals surface area contributed by atoms with Crippen molar-refractivity contribution in [1.29, 1.82) is 0 Å². The van der Waals surface area contributed by atoms with Crippen LogP contribution in [0.1, 0.15) is 17.3 Å². The number of rotatable bonds is 4. The third kappa shape index (κ3) is 2.56. The number of ether oxygens (including phenoxy) is 1. The maximum atomic E-state index is 5.75. The van der Waals surface area contributed by atoms with E-state index in [0.717, 1.165) is 5.56 Å². The van der Waals surface area contributed by atoms with Crippen LogP contribution in [0.4, 0.5) is 0 Å². The minimum atomic E-state index is -0.363. The number of nitrogens with zero attached hydrogens (tertiary/aromatic N) is 3. The zero-order valence-electron chi connectivity index (χ0n) is 9.67. The Kier molecular flexibility index (Phi) is 4.03. The number of pyridine rings is 1. The van der Waals surface area contributed by atoms with Gasteiger partial charge in [-0.2, -0.15) is 0 Å². The second-order valence-electron chi connectivity index (χ2n) is 3.46. The minimum absolute atomic E-state index is 0.363. The van der Waals surface area contributed by atoms with Gasteiger partial charge in [0.15, 0.2) is 0 Å². The lowest BCUT2D eigenvalue weighted by Crippen LogP contribution is -2.30. The number of nitrogens with one attached hydrogen (secondary N) is 1. The smallest absolute Gasteiger partial charge is 0.237 e. The Morgan fingerprint density at radius 1 is 1.28 bits per heavy atom. The van der Waals surface area contributed by atoms with Crippen LogP contribution in [0.15, 0.2) is 30.7 Å². The first-order valence-electron chi connectivity index (χ1n) is 5.18. The van der Waals surface area contributed by atoms with Crippen molar-refractivity contribution in [1.82, 2.24) is 20.4 Å². The number of hydrogen-bond donors (Lipinski definition) is 2. The second kappa shape index (κ2) is 5.72. The molecule has 6 nitrogen and oxygen atoms in total. The first-order valence-corrected chi connectivity index (χ1v) is 5.56. The quantitative estimate of drug-likeness (QED) is 0.489. The van der Waals surface area contributed by atoms with Gasteiger partial charge in [0.25, 0.3) is 0 Å². The normalized spacial score (nSPS) is 12.2. The van der Waals surface area contributed by atoms with Crippen LogP contribution in [0.25, 0.3) is 0 Å². The van der Waals surface area contributed by atoms with Gasteiger partial charge in [0.1, 0.15) is 10.8 Å². The van der Waals surface area contributed by atoms with E-state index in [0.29, 0.717) is 16.7 Å². The summed E-state index contributed by atoms with van der Waals surface area (Å²) in [5.41, 5.74) is 4.07. The summed E-state index contributed by atoms with van der Waals surface area (Å²) in [5.74, 6) is 5.98. The predicted molar refractivity (Wildman–Crippen MR) is 67.0 cm³/mol. The first kappa shape index (κ1) is 12.7. The van der Waals surface area contributed by atoms with Crippen molar-refractivity contribution in [2.24, 2.45) is 5.84 Å². The topological polar surface area (TPSA) is 86.0 Å². The van der Waals surface area contributed by atoms with E-state index in [1.807, 2.05) is 6.07 Å². The maximum Gasteiger partial charge on any atom is 0.237 e. The van der Waals surface area contributed by atoms with Gasteiger partial charge < -0.3 is 4.74 Å². The SMILES string of the molecule is COc1nccnc1C(NN)c1ccc(Cl)nc1. The van der Waals surface area contributed by atoms with Gasteiger partial charge in [-0.3, -0.25) is 10.8 Å². The van der Waals surface area contributed by atoms with Crippen LogP contribution in [0, 0.1) is 0 Å². The lowest BCUT2D eigenvalue weighted by molar-refractivity contribution is 0.383. The van der Waals surface area contributed by atoms with Gasteiger partial charge in [0, 0.05) is 18.6 Å². The first-order chi connectivity index (χ1) is 8.76. The summed E-state index contributed by atoms with van der Waals surface area (Å²) < 4.78 is 5.16. The average molecular weight is 266 g/mol. The van der Waals surface area contributed by atoms with E-state index in [9.17, 15) is 0 Å². The summed E-state index contributed by atoms with van der Waals surface area (Å²) in [7, 11) is 1.53. The van der Waals surface area contributed by atoms with E-state index in [1.165, 1.54) is 7.11 Å². The molecule has 0 bridgehead atoms. The fraction of sp³-hybridized carbons (Fsp3) is 0.182. The summed E-state index contributed by atoms with van der Waals surface area (Å²) in [6.07, 6.45) is 4.75. The minimum Gasteiger partial charge on any atom is -0.480 e. The van der Waals surface area contributed by atoms with Crippen molar-refractivity contribution in [3.05, 3.63) is 47.1 Å². The molecule has 0 aromatic carbocycles. The zero-order valence-corrected chi connectivity index (χ0v) is 10.4. The number of nitrogens with two attached hydrogens (primary N) is 1. The third-order valence-electron chi connectivity index (χ3n) is 2.41. The van der Waals surface area contributed by atoms with Crippen LogP contribution < -0.4 is 16.0 Å². The number of halogens is 1. The highest BCUT2D eigenvalue weighted by molar-refractivity contribution is 6.29. The van der Waals surface area contributed by atoms with Crippen LogP contribution in [-0.2, 0) is 0 Å². The maximum absolute atomic E-state index is 5.75. The Bertz CT molecular complexity index is 519. The summed E-state index contributed by atoms with van der Waals surface area (Å²) in [6, 6.07) is 3.14. The van der Waals surface area contributed by atoms with Crippen LogP contribution >= 0.6 is 11.6 Å². The number of aromatic nitrogens is 3. The molecule has 0 aliphatic carbocycles. The molecule has 0 saturated carbocycles. The van der Waals surface area contributed by atoms with Crippen LogP contribution in [0.5, 0.6) is 5.88 Å². The average Bonchev–Trinajstić information content (AvgIpc) is 2.42. The van der Waals surface area contributed by atoms with Gasteiger partial charge in [0.2, 0.25) is 5.88 Å². The molecule has 3 N–H and O–H groups in total. The van der Waals surface area contributed by atoms with E-state index in [2.05, 4.69) is 20.4 Å². The van der Waals surface area contributed by atoms with Crippen molar-refractivity contribution in [3.63, 3.8) is 0 Å². The fourth-order valence-electron chi connectivity index (χ4n) is 1.58. The van der Waals surface area contributed by atoms with Crippen LogP contribution in [-0.4, -0.2) is 22.1 Å². The Morgan fingerprint density at radius 2 is 2.06 bits per heavy atom. The van der Waals surface area contributed by atoms with Gasteiger partial charge >= 0.3 is 0 Å². The van der Waals surface area contributed by atoms with Gasteiger partial charge in [-0.15, -0.1) is 0 Å². The van der Waals surface area contributed by atoms with E-state index < -0.39 is 0 Å². The summed E-state index contributed by atoms with van der Waals surface area (Å²) in [4.78, 5) is 12.3. The highest BCUT2D eigenvalue weighted by Crippen LogP contribution is 2.25. The zero-order chi connectivity index (χ0) is 13.0. The lowest BCUT2D eigenvalue weighted by atomic mass is 10.1. The van der Waals surface area contributed by atoms with E-state index in [4.69, 9.17) is 22.2 Å². The molecule has 0 fully saturated rings. The molecule has 0 saturated heterocycles. The van der Waals surface area contributed by atoms with Crippen molar-refractivity contribution >= 4 is 11.6 Å². The highest BCUT2D eigenvalue weighted by atomic mass is 35.5. The van der Waals surface area contributed by atoms with Gasteiger partial charge in [-0.05, 0) is 11.6 Å². The molecule has 0 radical (unpaired) electrons. The summed E-state index contributed by atoms with van der Waals surface area (Å²) in [5, 5.41) is 0.417. The standard InChI is InChI=1S/C11H12ClN5O/c1-18-11-10(14-4-5-15-11)9(17-13)7-2-3-8(12)16-6-7/h2-6,9,17H,13H2,1H3. The molecule has 0 spiro atoms. The molecule has 2 heterocycles. The van der Waals surface area contributed by atoms with Crippen molar-refractivity contribution < 1.29 is 4.74 Å². The van der Waals surface area contributed by atoms with Gasteiger partial charge in [-0.25, -0.2) is 15.4 Å². The number of hydrogen-bond acceptors (Lipinski definition) is 6. The highest BCUT2D eigenvalue weighted by Gasteiger charge is 2.19. The Morgan fingerprint density at radius 3 is 2.67 bits per heavy atom. The summed E-state index contributed by atoms with van der Waals surface area (Å²) in [6.45, 7) is 0. The summed E-state index contributed by atoms with van der Waals surface area (Å²) >= 11 is 5.75. The molecule has 0 aliphatic heterocycles. The fourth-order valence-corrected chi connectivity index (χ4v) is 1.69. The molecular formula is C11H12ClN5O. The third-order valence-corrected chi connectivity index (χ3v) is 2.63. The molecule has 18 heavy (non-hydrogen) atoms. The predicted octanol–water partition coefficient (Wildman–Crippen LogP) is 1.09. The molecule has 1 unspecified atom stereocenters. The van der Waals surface area contributed by atoms with Gasteiger partial charge in [0.05, 0.1) is 13.2 Å².